The molecule has 4 heteroatoms. The van der Waals surface area contributed by atoms with E-state index < -0.39 is 11.6 Å². The number of aliphatic hydroxyl groups excluding tert-OH is 1. The second-order valence-electron chi connectivity index (χ2n) is 3.58. The number of ether oxygens (including phenoxy) is 1. The van der Waals surface area contributed by atoms with Crippen molar-refractivity contribution in [2.24, 2.45) is 0 Å². The van der Waals surface area contributed by atoms with Crippen LogP contribution in [0.1, 0.15) is 20.3 Å². The molecule has 0 bridgehead atoms. The lowest BCUT2D eigenvalue weighted by molar-refractivity contribution is 0.0462. The number of hydrogen-bond acceptors (Lipinski definition) is 3. The van der Waals surface area contributed by atoms with Crippen LogP contribution in [0.25, 0.3) is 0 Å². The molecule has 1 saturated heterocycles. The van der Waals surface area contributed by atoms with E-state index in [1.165, 1.54) is 7.11 Å². The lowest BCUT2D eigenvalue weighted by Crippen LogP contribution is -2.47. The highest BCUT2D eigenvalue weighted by molar-refractivity contribution is 5.69. The molecule has 0 spiro atoms. The Morgan fingerprint density at radius 2 is 2.25 bits per heavy atom. The molecule has 1 fully saturated rings. The summed E-state index contributed by atoms with van der Waals surface area (Å²) in [5.74, 6) is 0. The van der Waals surface area contributed by atoms with Crippen molar-refractivity contribution >= 4 is 6.09 Å². The molecule has 0 radical (unpaired) electrons. The van der Waals surface area contributed by atoms with Gasteiger partial charge in [-0.15, -0.1) is 0 Å². The van der Waals surface area contributed by atoms with Crippen LogP contribution in [0.3, 0.4) is 0 Å². The summed E-state index contributed by atoms with van der Waals surface area (Å²) in [6.45, 7) is 4.24. The molecule has 0 saturated carbocycles. The third-order valence-electron chi connectivity index (χ3n) is 2.53. The van der Waals surface area contributed by atoms with Crippen LogP contribution in [-0.2, 0) is 4.74 Å². The van der Waals surface area contributed by atoms with Crippen LogP contribution >= 0.6 is 0 Å². The van der Waals surface area contributed by atoms with Crippen molar-refractivity contribution in [2.75, 3.05) is 13.7 Å². The summed E-state index contributed by atoms with van der Waals surface area (Å²) in [5.41, 5.74) is -0.493. The minimum atomic E-state index is -0.493. The number of nitrogens with zero attached hydrogens (tertiary/aromatic N) is 1. The van der Waals surface area contributed by atoms with Crippen LogP contribution in [0.15, 0.2) is 0 Å². The van der Waals surface area contributed by atoms with Crippen molar-refractivity contribution in [3.8, 4) is 0 Å². The van der Waals surface area contributed by atoms with Crippen molar-refractivity contribution < 1.29 is 14.6 Å². The van der Waals surface area contributed by atoms with Gasteiger partial charge in [0.15, 0.2) is 0 Å². The van der Waals surface area contributed by atoms with E-state index >= 15 is 0 Å². The number of carbonyl (C=O) groups is 1. The van der Waals surface area contributed by atoms with Crippen LogP contribution in [0, 0.1) is 0 Å². The molecule has 1 N–H and O–H groups in total. The molecule has 4 nitrogen and oxygen atoms in total. The molecule has 1 heterocycles. The molecule has 1 atom stereocenters. The zero-order valence-electron chi connectivity index (χ0n) is 7.70. The van der Waals surface area contributed by atoms with Gasteiger partial charge in [-0.05, 0) is 20.3 Å². The quantitative estimate of drug-likeness (QED) is 0.583. The third-order valence-corrected chi connectivity index (χ3v) is 2.53. The maximum atomic E-state index is 11.2. The Morgan fingerprint density at radius 1 is 1.67 bits per heavy atom. The normalized spacial score (nSPS) is 27.3. The highest BCUT2D eigenvalue weighted by atomic mass is 16.5. The van der Waals surface area contributed by atoms with Crippen molar-refractivity contribution in [2.45, 2.75) is 31.9 Å². The summed E-state index contributed by atoms with van der Waals surface area (Å²) in [6, 6.07) is 0. The van der Waals surface area contributed by atoms with Gasteiger partial charge in [-0.1, -0.05) is 0 Å². The lowest BCUT2D eigenvalue weighted by Gasteiger charge is -2.32. The maximum absolute atomic E-state index is 11.2. The molecule has 0 aromatic rings. The molecular formula is C8H15NO3. The van der Waals surface area contributed by atoms with Gasteiger partial charge in [0.05, 0.1) is 18.8 Å². The molecule has 12 heavy (non-hydrogen) atoms. The highest BCUT2D eigenvalue weighted by Gasteiger charge is 2.43. The van der Waals surface area contributed by atoms with E-state index in [-0.39, 0.29) is 6.09 Å². The largest absolute Gasteiger partial charge is 0.453 e. The van der Waals surface area contributed by atoms with Gasteiger partial charge in [0.2, 0.25) is 0 Å². The molecule has 0 aromatic carbocycles. The molecule has 70 valence electrons. The predicted octanol–water partition coefficient (Wildman–Crippen LogP) is 0.598. The van der Waals surface area contributed by atoms with Gasteiger partial charge < -0.3 is 14.7 Å². The summed E-state index contributed by atoms with van der Waals surface area (Å²) in [6.07, 6.45) is -0.185. The zero-order chi connectivity index (χ0) is 9.35. The first-order valence-electron chi connectivity index (χ1n) is 4.04. The average molecular weight is 173 g/mol. The third kappa shape index (κ3) is 1.27. The van der Waals surface area contributed by atoms with E-state index in [1.807, 2.05) is 13.8 Å². The minimum absolute atomic E-state index is 0.364. The molecule has 1 aliphatic rings. The highest BCUT2D eigenvalue weighted by Crippen LogP contribution is 2.28. The Hall–Kier alpha value is -0.770. The van der Waals surface area contributed by atoms with Crippen LogP contribution in [-0.4, -0.2) is 41.4 Å². The first kappa shape index (κ1) is 9.32. The van der Waals surface area contributed by atoms with Gasteiger partial charge in [-0.2, -0.15) is 0 Å². The fourth-order valence-electron chi connectivity index (χ4n) is 1.51. The van der Waals surface area contributed by atoms with E-state index in [0.29, 0.717) is 13.0 Å². The summed E-state index contributed by atoms with van der Waals surface area (Å²) < 4.78 is 4.59. The Kier molecular flexibility index (Phi) is 2.28. The number of hydrogen-bond donors (Lipinski definition) is 1. The number of likely N-dealkylation sites (tertiary alicyclic amines) is 1. The summed E-state index contributed by atoms with van der Waals surface area (Å²) in [7, 11) is 1.35. The first-order chi connectivity index (χ1) is 5.50. The fraction of sp³-hybridized carbons (Fsp3) is 0.875. The summed E-state index contributed by atoms with van der Waals surface area (Å²) in [4.78, 5) is 12.7. The molecule has 1 aliphatic heterocycles. The first-order valence-corrected chi connectivity index (χ1v) is 4.04. The van der Waals surface area contributed by atoms with Crippen LogP contribution in [0.4, 0.5) is 4.79 Å². The van der Waals surface area contributed by atoms with Crippen LogP contribution in [0.5, 0.6) is 0 Å². The van der Waals surface area contributed by atoms with E-state index in [2.05, 4.69) is 4.74 Å². The van der Waals surface area contributed by atoms with Crippen molar-refractivity contribution in [3.05, 3.63) is 0 Å². The topological polar surface area (TPSA) is 49.8 Å². The standard InChI is InChI=1S/C8H15NO3/c1-8(2)6(10)4-5-9(8)7(11)12-3/h6,10H,4-5H2,1-3H3. The van der Waals surface area contributed by atoms with Gasteiger partial charge in [0, 0.05) is 6.54 Å². The molecule has 1 unspecified atom stereocenters. The molecule has 1 amide bonds. The van der Waals surface area contributed by atoms with E-state index in [1.54, 1.807) is 4.90 Å². The number of aliphatic hydroxyl groups is 1. The molecule has 0 aliphatic carbocycles. The number of amides is 1. The van der Waals surface area contributed by atoms with Gasteiger partial charge in [-0.3, -0.25) is 0 Å². The van der Waals surface area contributed by atoms with Gasteiger partial charge in [-0.25, -0.2) is 4.79 Å². The van der Waals surface area contributed by atoms with E-state index in [0.717, 1.165) is 0 Å². The smallest absolute Gasteiger partial charge is 0.410 e. The Morgan fingerprint density at radius 3 is 2.58 bits per heavy atom. The average Bonchev–Trinajstić information content (AvgIpc) is 2.27. The Labute approximate surface area is 72.1 Å². The van der Waals surface area contributed by atoms with E-state index in [4.69, 9.17) is 0 Å². The summed E-state index contributed by atoms with van der Waals surface area (Å²) in [5, 5.41) is 9.52. The van der Waals surface area contributed by atoms with Crippen LogP contribution in [0.2, 0.25) is 0 Å². The second kappa shape index (κ2) is 2.94. The predicted molar refractivity (Wildman–Crippen MR) is 43.8 cm³/mol. The molecule has 1 rings (SSSR count). The maximum Gasteiger partial charge on any atom is 0.410 e. The van der Waals surface area contributed by atoms with Crippen LogP contribution < -0.4 is 0 Å². The molecule has 0 aromatic heterocycles. The van der Waals surface area contributed by atoms with Gasteiger partial charge >= 0.3 is 6.09 Å². The van der Waals surface area contributed by atoms with Crippen molar-refractivity contribution in [1.29, 1.82) is 0 Å². The number of methoxy groups -OCH3 is 1. The van der Waals surface area contributed by atoms with Gasteiger partial charge in [0.25, 0.3) is 0 Å². The number of carbonyl (C=O) groups excluding carboxylic acids is 1. The van der Waals surface area contributed by atoms with E-state index in [9.17, 15) is 9.90 Å². The summed E-state index contributed by atoms with van der Waals surface area (Å²) >= 11 is 0. The van der Waals surface area contributed by atoms with Crippen molar-refractivity contribution in [3.63, 3.8) is 0 Å². The monoisotopic (exact) mass is 173 g/mol. The Bertz CT molecular complexity index is 191. The SMILES string of the molecule is COC(=O)N1CCC(O)C1(C)C. The minimum Gasteiger partial charge on any atom is -0.453 e. The van der Waals surface area contributed by atoms with Crippen molar-refractivity contribution in [1.82, 2.24) is 4.90 Å². The number of rotatable bonds is 0. The fourth-order valence-corrected chi connectivity index (χ4v) is 1.51. The second-order valence-corrected chi connectivity index (χ2v) is 3.58. The molecular weight excluding hydrogens is 158 g/mol. The zero-order valence-corrected chi connectivity index (χ0v) is 7.70. The lowest BCUT2D eigenvalue weighted by atomic mass is 9.99. The Balaban J connectivity index is 2.74. The van der Waals surface area contributed by atoms with Gasteiger partial charge in [0.1, 0.15) is 0 Å².